The maximum atomic E-state index is 12.3. The summed E-state index contributed by atoms with van der Waals surface area (Å²) in [7, 11) is -3.52. The summed E-state index contributed by atoms with van der Waals surface area (Å²) in [5.74, 6) is 1.98. The molecular weight excluding hydrogens is 294 g/mol. The molecule has 0 heterocycles. The summed E-state index contributed by atoms with van der Waals surface area (Å²) in [5.41, 5.74) is 0.599. The van der Waals surface area contributed by atoms with E-state index in [2.05, 4.69) is 11.6 Å². The first kappa shape index (κ1) is 17.5. The Morgan fingerprint density at radius 2 is 2.05 bits per heavy atom. The molecule has 0 aromatic heterocycles. The Kier molecular flexibility index (Phi) is 7.02. The van der Waals surface area contributed by atoms with Gasteiger partial charge in [-0.3, -0.25) is 0 Å². The normalized spacial score (nSPS) is 15.0. The van der Waals surface area contributed by atoms with Crippen molar-refractivity contribution in [3.63, 3.8) is 0 Å². The second-order valence-electron chi connectivity index (χ2n) is 4.76. The summed E-state index contributed by atoms with van der Waals surface area (Å²) in [4.78, 5) is 0.200. The van der Waals surface area contributed by atoms with E-state index in [0.29, 0.717) is 5.56 Å². The minimum atomic E-state index is -3.52. The first-order chi connectivity index (χ1) is 9.36. The molecule has 0 radical (unpaired) electrons. The number of thioether (sulfide) groups is 1. The fourth-order valence-electron chi connectivity index (χ4n) is 1.74. The number of aliphatic hydroxyl groups is 1. The van der Waals surface area contributed by atoms with Gasteiger partial charge in [-0.15, -0.1) is 0 Å². The third kappa shape index (κ3) is 5.44. The van der Waals surface area contributed by atoms with Gasteiger partial charge in [0.25, 0.3) is 0 Å². The first-order valence-electron chi connectivity index (χ1n) is 6.75. The SMILES string of the molecule is CCSCCC(C)NS(=O)(=O)c1cccc(C(C)O)c1. The van der Waals surface area contributed by atoms with Crippen molar-refractivity contribution in [2.75, 3.05) is 11.5 Å². The number of hydrogen-bond donors (Lipinski definition) is 2. The highest BCUT2D eigenvalue weighted by Crippen LogP contribution is 2.17. The van der Waals surface area contributed by atoms with Crippen LogP contribution >= 0.6 is 11.8 Å². The Morgan fingerprint density at radius 1 is 1.35 bits per heavy atom. The predicted molar refractivity (Wildman–Crippen MR) is 84.5 cm³/mol. The average molecular weight is 317 g/mol. The van der Waals surface area contributed by atoms with Crippen LogP contribution in [0.3, 0.4) is 0 Å². The molecule has 0 amide bonds. The molecule has 0 spiro atoms. The van der Waals surface area contributed by atoms with Gasteiger partial charge in [-0.25, -0.2) is 13.1 Å². The Labute approximate surface area is 126 Å². The van der Waals surface area contributed by atoms with E-state index in [4.69, 9.17) is 0 Å². The molecule has 0 saturated carbocycles. The third-order valence-electron chi connectivity index (χ3n) is 2.91. The van der Waals surface area contributed by atoms with Crippen LogP contribution < -0.4 is 4.72 Å². The van der Waals surface area contributed by atoms with Crippen LogP contribution in [-0.4, -0.2) is 31.1 Å². The fourth-order valence-corrected chi connectivity index (χ4v) is 3.88. The molecule has 0 fully saturated rings. The maximum absolute atomic E-state index is 12.3. The molecule has 0 aliphatic carbocycles. The van der Waals surface area contributed by atoms with E-state index in [0.717, 1.165) is 17.9 Å². The second-order valence-corrected chi connectivity index (χ2v) is 7.86. The molecule has 1 rings (SSSR count). The molecule has 20 heavy (non-hydrogen) atoms. The predicted octanol–water partition coefficient (Wildman–Crippen LogP) is 2.55. The van der Waals surface area contributed by atoms with Gasteiger partial charge in [-0.05, 0) is 49.5 Å². The van der Waals surface area contributed by atoms with Crippen molar-refractivity contribution < 1.29 is 13.5 Å². The van der Waals surface area contributed by atoms with E-state index in [-0.39, 0.29) is 10.9 Å². The average Bonchev–Trinajstić information content (AvgIpc) is 2.38. The van der Waals surface area contributed by atoms with Crippen molar-refractivity contribution in [2.45, 2.75) is 44.2 Å². The summed E-state index contributed by atoms with van der Waals surface area (Å²) in [6.07, 6.45) is 0.122. The van der Waals surface area contributed by atoms with Crippen molar-refractivity contribution in [3.8, 4) is 0 Å². The smallest absolute Gasteiger partial charge is 0.240 e. The number of sulfonamides is 1. The molecule has 2 atom stereocenters. The maximum Gasteiger partial charge on any atom is 0.240 e. The highest BCUT2D eigenvalue weighted by atomic mass is 32.2. The monoisotopic (exact) mass is 317 g/mol. The molecule has 0 aliphatic heterocycles. The minimum absolute atomic E-state index is 0.103. The largest absolute Gasteiger partial charge is 0.389 e. The summed E-state index contributed by atoms with van der Waals surface area (Å²) < 4.78 is 27.2. The van der Waals surface area contributed by atoms with E-state index in [9.17, 15) is 13.5 Å². The van der Waals surface area contributed by atoms with E-state index in [1.165, 1.54) is 6.07 Å². The molecule has 0 aliphatic rings. The highest BCUT2D eigenvalue weighted by Gasteiger charge is 2.18. The Bertz CT molecular complexity index is 515. The zero-order chi connectivity index (χ0) is 15.2. The molecule has 1 aromatic carbocycles. The topological polar surface area (TPSA) is 66.4 Å². The van der Waals surface area contributed by atoms with Gasteiger partial charge < -0.3 is 5.11 Å². The van der Waals surface area contributed by atoms with Crippen molar-refractivity contribution in [1.29, 1.82) is 0 Å². The van der Waals surface area contributed by atoms with Gasteiger partial charge in [0.2, 0.25) is 10.0 Å². The number of nitrogens with one attached hydrogen (secondary N) is 1. The van der Waals surface area contributed by atoms with Crippen LogP contribution in [0.5, 0.6) is 0 Å². The van der Waals surface area contributed by atoms with Crippen LogP contribution in [0.4, 0.5) is 0 Å². The molecule has 6 heteroatoms. The van der Waals surface area contributed by atoms with Crippen molar-refractivity contribution in [1.82, 2.24) is 4.72 Å². The quantitative estimate of drug-likeness (QED) is 0.723. The van der Waals surface area contributed by atoms with Crippen molar-refractivity contribution in [3.05, 3.63) is 29.8 Å². The summed E-state index contributed by atoms with van der Waals surface area (Å²) in [5, 5.41) is 9.52. The van der Waals surface area contributed by atoms with Crippen molar-refractivity contribution >= 4 is 21.8 Å². The summed E-state index contributed by atoms with van der Waals surface area (Å²) in [6.45, 7) is 5.57. The van der Waals surface area contributed by atoms with E-state index < -0.39 is 16.1 Å². The molecule has 2 N–H and O–H groups in total. The lowest BCUT2D eigenvalue weighted by molar-refractivity contribution is 0.199. The van der Waals surface area contributed by atoms with E-state index in [1.54, 1.807) is 36.9 Å². The third-order valence-corrected chi connectivity index (χ3v) is 5.43. The van der Waals surface area contributed by atoms with Gasteiger partial charge in [0.05, 0.1) is 11.0 Å². The number of aliphatic hydroxyl groups excluding tert-OH is 1. The molecule has 0 saturated heterocycles. The molecule has 2 unspecified atom stereocenters. The number of benzene rings is 1. The van der Waals surface area contributed by atoms with Gasteiger partial charge in [0.1, 0.15) is 0 Å². The second kappa shape index (κ2) is 8.02. The Balaban J connectivity index is 2.75. The molecule has 4 nitrogen and oxygen atoms in total. The van der Waals surface area contributed by atoms with Gasteiger partial charge in [-0.1, -0.05) is 19.1 Å². The minimum Gasteiger partial charge on any atom is -0.389 e. The molecule has 1 aromatic rings. The molecule has 114 valence electrons. The first-order valence-corrected chi connectivity index (χ1v) is 9.38. The van der Waals surface area contributed by atoms with Crippen LogP contribution in [0, 0.1) is 0 Å². The lowest BCUT2D eigenvalue weighted by Gasteiger charge is -2.15. The lowest BCUT2D eigenvalue weighted by atomic mass is 10.1. The standard InChI is InChI=1S/C14H23NO3S2/c1-4-19-9-8-11(2)15-20(17,18)14-7-5-6-13(10-14)12(3)16/h5-7,10-12,15-16H,4,8-9H2,1-3H3. The van der Waals surface area contributed by atoms with Gasteiger partial charge in [-0.2, -0.15) is 11.8 Å². The Hall–Kier alpha value is -0.560. The van der Waals surface area contributed by atoms with E-state index >= 15 is 0 Å². The van der Waals surface area contributed by atoms with Gasteiger partial charge in [0.15, 0.2) is 0 Å². The Morgan fingerprint density at radius 3 is 2.65 bits per heavy atom. The lowest BCUT2D eigenvalue weighted by Crippen LogP contribution is -2.33. The molecule has 0 bridgehead atoms. The number of rotatable bonds is 8. The highest BCUT2D eigenvalue weighted by molar-refractivity contribution is 7.99. The zero-order valence-corrected chi connectivity index (χ0v) is 13.8. The number of hydrogen-bond acceptors (Lipinski definition) is 4. The van der Waals surface area contributed by atoms with Crippen LogP contribution in [0.1, 0.15) is 38.9 Å². The van der Waals surface area contributed by atoms with Crippen molar-refractivity contribution in [2.24, 2.45) is 0 Å². The zero-order valence-electron chi connectivity index (χ0n) is 12.2. The van der Waals surface area contributed by atoms with E-state index in [1.807, 2.05) is 6.92 Å². The summed E-state index contributed by atoms with van der Waals surface area (Å²) in [6, 6.07) is 6.32. The van der Waals surface area contributed by atoms with Crippen LogP contribution in [0.2, 0.25) is 0 Å². The van der Waals surface area contributed by atoms with Crippen LogP contribution in [0.25, 0.3) is 0 Å². The fraction of sp³-hybridized carbons (Fsp3) is 0.571. The van der Waals surface area contributed by atoms with Gasteiger partial charge in [0, 0.05) is 6.04 Å². The van der Waals surface area contributed by atoms with Crippen LogP contribution in [0.15, 0.2) is 29.2 Å². The summed E-state index contributed by atoms with van der Waals surface area (Å²) >= 11 is 1.80. The molecular formula is C14H23NO3S2. The van der Waals surface area contributed by atoms with Crippen LogP contribution in [-0.2, 0) is 10.0 Å². The van der Waals surface area contributed by atoms with Gasteiger partial charge >= 0.3 is 0 Å².